The summed E-state index contributed by atoms with van der Waals surface area (Å²) in [6, 6.07) is 0. The lowest BCUT2D eigenvalue weighted by atomic mass is 9.90. The van der Waals surface area contributed by atoms with Gasteiger partial charge in [0.1, 0.15) is 0 Å². The zero-order chi connectivity index (χ0) is 8.85. The van der Waals surface area contributed by atoms with Gasteiger partial charge in [-0.25, -0.2) is 5.11 Å². The van der Waals surface area contributed by atoms with Crippen LogP contribution in [0.25, 0.3) is 0 Å². The molecule has 0 N–H and O–H groups in total. The van der Waals surface area contributed by atoms with Crippen LogP contribution in [-0.2, 0) is 5.11 Å². The molecule has 1 radical (unpaired) electrons. The molecule has 0 saturated carbocycles. The predicted molar refractivity (Wildman–Crippen MR) is 51.5 cm³/mol. The summed E-state index contributed by atoms with van der Waals surface area (Å²) in [5.74, 6) is 0.633. The summed E-state index contributed by atoms with van der Waals surface area (Å²) in [5, 5.41) is 12.5. The lowest BCUT2D eigenvalue weighted by Crippen LogP contribution is -2.24. The van der Waals surface area contributed by atoms with E-state index in [2.05, 4.69) is 22.9 Å². The van der Waals surface area contributed by atoms with Gasteiger partial charge in [0, 0.05) is 5.33 Å². The molecule has 0 aliphatic carbocycles. The average molecular weight is 222 g/mol. The summed E-state index contributed by atoms with van der Waals surface area (Å²) in [6.45, 7) is 6.17. The Kier molecular flexibility index (Phi) is 6.25. The minimum absolute atomic E-state index is 0.310. The van der Waals surface area contributed by atoms with Crippen LogP contribution in [0.4, 0.5) is 0 Å². The fraction of sp³-hybridized carbons (Fsp3) is 1.00. The van der Waals surface area contributed by atoms with Gasteiger partial charge in [0.2, 0.25) is 0 Å². The first-order valence-corrected chi connectivity index (χ1v) is 5.47. The third kappa shape index (κ3) is 4.12. The molecule has 0 amide bonds. The Hall–Kier alpha value is 0.440. The molecule has 0 aromatic carbocycles. The number of hydrogen-bond acceptors (Lipinski definition) is 0. The molecule has 0 fully saturated rings. The van der Waals surface area contributed by atoms with Crippen molar-refractivity contribution in [3.63, 3.8) is 0 Å². The predicted octanol–water partition coefficient (Wildman–Crippen LogP) is 3.25. The van der Waals surface area contributed by atoms with E-state index >= 15 is 0 Å². The van der Waals surface area contributed by atoms with E-state index in [0.717, 1.165) is 18.2 Å². The highest BCUT2D eigenvalue weighted by molar-refractivity contribution is 9.09. The van der Waals surface area contributed by atoms with Crippen molar-refractivity contribution in [1.82, 2.24) is 0 Å². The third-order valence-electron chi connectivity index (χ3n) is 2.33. The normalized spacial score (nSPS) is 19.4. The molecule has 2 heteroatoms. The van der Waals surface area contributed by atoms with E-state index in [0.29, 0.717) is 11.8 Å². The summed E-state index contributed by atoms with van der Waals surface area (Å²) in [5.41, 5.74) is 0. The van der Waals surface area contributed by atoms with Crippen LogP contribution in [-0.4, -0.2) is 11.4 Å². The molecule has 0 aliphatic rings. The SMILES string of the molecule is CCC(C)C([O])C(C)CCBr. The van der Waals surface area contributed by atoms with Gasteiger partial charge in [-0.1, -0.05) is 43.1 Å². The Labute approximate surface area is 78.3 Å². The van der Waals surface area contributed by atoms with Crippen molar-refractivity contribution < 1.29 is 5.11 Å². The van der Waals surface area contributed by atoms with Crippen LogP contribution in [0.2, 0.25) is 0 Å². The molecule has 0 saturated heterocycles. The zero-order valence-electron chi connectivity index (χ0n) is 7.64. The standard InChI is InChI=1S/C9H18BrO/c1-4-7(2)9(11)8(3)5-6-10/h7-9H,4-6H2,1-3H3. The van der Waals surface area contributed by atoms with E-state index in [1.165, 1.54) is 0 Å². The van der Waals surface area contributed by atoms with Gasteiger partial charge in [-0.2, -0.15) is 0 Å². The maximum absolute atomic E-state index is 11.5. The number of halogens is 1. The summed E-state index contributed by atoms with van der Waals surface area (Å²) in [7, 11) is 0. The van der Waals surface area contributed by atoms with Gasteiger partial charge >= 0.3 is 0 Å². The minimum Gasteiger partial charge on any atom is -0.233 e. The van der Waals surface area contributed by atoms with Crippen molar-refractivity contribution in [1.29, 1.82) is 0 Å². The van der Waals surface area contributed by atoms with Crippen molar-refractivity contribution in [3.05, 3.63) is 0 Å². The molecule has 0 aromatic heterocycles. The molecule has 0 aromatic rings. The molecule has 3 unspecified atom stereocenters. The second kappa shape index (κ2) is 6.01. The highest BCUT2D eigenvalue weighted by Gasteiger charge is 2.20. The van der Waals surface area contributed by atoms with Crippen molar-refractivity contribution >= 4 is 15.9 Å². The quantitative estimate of drug-likeness (QED) is 0.636. The van der Waals surface area contributed by atoms with Crippen LogP contribution in [0.15, 0.2) is 0 Å². The van der Waals surface area contributed by atoms with E-state index in [4.69, 9.17) is 0 Å². The van der Waals surface area contributed by atoms with Crippen LogP contribution in [0.1, 0.15) is 33.6 Å². The van der Waals surface area contributed by atoms with Gasteiger partial charge in [0.15, 0.2) is 0 Å². The number of rotatable bonds is 5. The molecule has 0 heterocycles. The van der Waals surface area contributed by atoms with Crippen LogP contribution in [0.3, 0.4) is 0 Å². The van der Waals surface area contributed by atoms with Crippen LogP contribution in [0.5, 0.6) is 0 Å². The zero-order valence-corrected chi connectivity index (χ0v) is 9.23. The second-order valence-electron chi connectivity index (χ2n) is 3.31. The summed E-state index contributed by atoms with van der Waals surface area (Å²) in [6.07, 6.45) is 1.62. The second-order valence-corrected chi connectivity index (χ2v) is 4.10. The highest BCUT2D eigenvalue weighted by atomic mass is 79.9. The summed E-state index contributed by atoms with van der Waals surface area (Å²) >= 11 is 3.35. The monoisotopic (exact) mass is 221 g/mol. The molecule has 11 heavy (non-hydrogen) atoms. The average Bonchev–Trinajstić information content (AvgIpc) is 2.02. The largest absolute Gasteiger partial charge is 0.233 e. The van der Waals surface area contributed by atoms with Gasteiger partial charge in [-0.3, -0.25) is 0 Å². The Balaban J connectivity index is 3.70. The van der Waals surface area contributed by atoms with Gasteiger partial charge in [0.05, 0.1) is 6.10 Å². The fourth-order valence-corrected chi connectivity index (χ4v) is 1.85. The first-order valence-electron chi connectivity index (χ1n) is 4.35. The molecule has 0 rings (SSSR count). The number of hydrogen-bond donors (Lipinski definition) is 0. The molecule has 0 aliphatic heterocycles. The van der Waals surface area contributed by atoms with Crippen molar-refractivity contribution in [2.24, 2.45) is 11.8 Å². The smallest absolute Gasteiger partial charge is 0.0981 e. The van der Waals surface area contributed by atoms with Crippen molar-refractivity contribution in [2.45, 2.75) is 39.7 Å². The highest BCUT2D eigenvalue weighted by Crippen LogP contribution is 2.19. The number of alkyl halides is 1. The van der Waals surface area contributed by atoms with Gasteiger partial charge in [-0.05, 0) is 18.3 Å². The molecular formula is C9H18BrO. The molecule has 67 valence electrons. The summed E-state index contributed by atoms with van der Waals surface area (Å²) in [4.78, 5) is 0. The Morgan fingerprint density at radius 3 is 2.18 bits per heavy atom. The van der Waals surface area contributed by atoms with Crippen LogP contribution >= 0.6 is 15.9 Å². The minimum atomic E-state index is -0.377. The van der Waals surface area contributed by atoms with Crippen LogP contribution in [0, 0.1) is 11.8 Å². The van der Waals surface area contributed by atoms with E-state index in [1.54, 1.807) is 0 Å². The Bertz CT molecular complexity index is 95.6. The molecule has 3 atom stereocenters. The first kappa shape index (κ1) is 11.4. The Morgan fingerprint density at radius 1 is 1.27 bits per heavy atom. The van der Waals surface area contributed by atoms with Crippen molar-refractivity contribution in [2.75, 3.05) is 5.33 Å². The third-order valence-corrected chi connectivity index (χ3v) is 2.79. The van der Waals surface area contributed by atoms with Gasteiger partial charge in [-0.15, -0.1) is 0 Å². The van der Waals surface area contributed by atoms with E-state index in [9.17, 15) is 5.11 Å². The van der Waals surface area contributed by atoms with Gasteiger partial charge in [0.25, 0.3) is 0 Å². The van der Waals surface area contributed by atoms with Crippen molar-refractivity contribution in [3.8, 4) is 0 Å². The topological polar surface area (TPSA) is 19.9 Å². The summed E-state index contributed by atoms with van der Waals surface area (Å²) < 4.78 is 0. The lowest BCUT2D eigenvalue weighted by Gasteiger charge is -2.20. The molecule has 0 spiro atoms. The maximum atomic E-state index is 11.5. The van der Waals surface area contributed by atoms with E-state index < -0.39 is 0 Å². The lowest BCUT2D eigenvalue weighted by molar-refractivity contribution is -0.000913. The first-order chi connectivity index (χ1) is 5.13. The molecule has 1 nitrogen and oxygen atoms in total. The fourth-order valence-electron chi connectivity index (χ4n) is 1.13. The molecular weight excluding hydrogens is 204 g/mol. The van der Waals surface area contributed by atoms with Crippen LogP contribution < -0.4 is 0 Å². The maximum Gasteiger partial charge on any atom is 0.0981 e. The van der Waals surface area contributed by atoms with Gasteiger partial charge < -0.3 is 0 Å². The molecule has 0 bridgehead atoms. The Morgan fingerprint density at radius 2 is 1.82 bits per heavy atom. The van der Waals surface area contributed by atoms with E-state index in [1.807, 2.05) is 13.8 Å². The van der Waals surface area contributed by atoms with E-state index in [-0.39, 0.29) is 6.10 Å².